The fourth-order valence-electron chi connectivity index (χ4n) is 2.81. The Balaban J connectivity index is 1.86. The van der Waals surface area contributed by atoms with Crippen molar-refractivity contribution < 1.29 is 22.7 Å². The van der Waals surface area contributed by atoms with E-state index in [4.69, 9.17) is 4.74 Å². The summed E-state index contributed by atoms with van der Waals surface area (Å²) in [6.07, 6.45) is 0.865. The Kier molecular flexibility index (Phi) is 6.41. The van der Waals surface area contributed by atoms with Crippen LogP contribution in [-0.4, -0.2) is 39.0 Å². The summed E-state index contributed by atoms with van der Waals surface area (Å²) < 4.78 is 32.5. The molecule has 0 aliphatic heterocycles. The van der Waals surface area contributed by atoms with Crippen LogP contribution in [0.25, 0.3) is 0 Å². The van der Waals surface area contributed by atoms with Gasteiger partial charge in [-0.2, -0.15) is 0 Å². The highest BCUT2D eigenvalue weighted by Crippen LogP contribution is 2.21. The summed E-state index contributed by atoms with van der Waals surface area (Å²) >= 11 is 0. The maximum atomic E-state index is 12.5. The quantitative estimate of drug-likeness (QED) is 0.663. The van der Waals surface area contributed by atoms with Crippen LogP contribution in [0, 0.1) is 20.8 Å². The Morgan fingerprint density at radius 2 is 1.77 bits per heavy atom. The molecule has 26 heavy (non-hydrogen) atoms. The predicted octanol–water partition coefficient (Wildman–Crippen LogP) is 1.49. The maximum Gasteiger partial charge on any atom is 0.307 e. The van der Waals surface area contributed by atoms with Gasteiger partial charge in [0.15, 0.2) is 6.10 Å². The van der Waals surface area contributed by atoms with E-state index in [1.165, 1.54) is 6.92 Å². The van der Waals surface area contributed by atoms with Crippen molar-refractivity contribution in [1.82, 2.24) is 10.0 Å². The number of benzene rings is 1. The number of nitrogens with one attached hydrogen (secondary N) is 2. The molecule has 1 aromatic carbocycles. The molecule has 1 amide bonds. The molecule has 1 aromatic rings. The molecule has 1 aliphatic carbocycles. The van der Waals surface area contributed by atoms with Gasteiger partial charge in [-0.25, -0.2) is 13.1 Å². The number of carbonyl (C=O) groups excluding carboxylic acids is 2. The third-order valence-electron chi connectivity index (χ3n) is 4.10. The van der Waals surface area contributed by atoms with Gasteiger partial charge in [0, 0.05) is 12.6 Å². The van der Waals surface area contributed by atoms with E-state index in [-0.39, 0.29) is 29.8 Å². The SMILES string of the molecule is Cc1cc(C)c(S(=O)(=O)NCCC(=O)O[C@@H](C)C(=O)NC2CC2)c(C)c1. The van der Waals surface area contributed by atoms with Gasteiger partial charge < -0.3 is 10.1 Å². The molecule has 7 nitrogen and oxygen atoms in total. The monoisotopic (exact) mass is 382 g/mol. The van der Waals surface area contributed by atoms with E-state index in [2.05, 4.69) is 10.0 Å². The molecule has 1 saturated carbocycles. The first-order valence-electron chi connectivity index (χ1n) is 8.67. The van der Waals surface area contributed by atoms with E-state index in [0.717, 1.165) is 18.4 Å². The molecule has 0 saturated heterocycles. The second-order valence-electron chi connectivity index (χ2n) is 6.79. The number of carbonyl (C=O) groups is 2. The lowest BCUT2D eigenvalue weighted by molar-refractivity contribution is -0.154. The second-order valence-corrected chi connectivity index (χ2v) is 8.49. The first kappa shape index (κ1) is 20.4. The van der Waals surface area contributed by atoms with E-state index in [0.29, 0.717) is 11.1 Å². The summed E-state index contributed by atoms with van der Waals surface area (Å²) in [6.45, 7) is 6.79. The molecule has 0 spiro atoms. The van der Waals surface area contributed by atoms with Crippen LogP contribution >= 0.6 is 0 Å². The van der Waals surface area contributed by atoms with Crippen LogP contribution in [0.5, 0.6) is 0 Å². The van der Waals surface area contributed by atoms with Crippen molar-refractivity contribution in [3.05, 3.63) is 28.8 Å². The van der Waals surface area contributed by atoms with E-state index in [1.54, 1.807) is 26.0 Å². The second kappa shape index (κ2) is 8.18. The summed E-state index contributed by atoms with van der Waals surface area (Å²) in [5.74, 6) is -0.948. The van der Waals surface area contributed by atoms with Gasteiger partial charge in [-0.3, -0.25) is 9.59 Å². The first-order chi connectivity index (χ1) is 12.1. The molecule has 1 fully saturated rings. The fraction of sp³-hybridized carbons (Fsp3) is 0.556. The number of hydrogen-bond donors (Lipinski definition) is 2. The van der Waals surface area contributed by atoms with Crippen molar-refractivity contribution in [2.24, 2.45) is 0 Å². The molecule has 8 heteroatoms. The predicted molar refractivity (Wildman–Crippen MR) is 97.2 cm³/mol. The summed E-state index contributed by atoms with van der Waals surface area (Å²) in [6, 6.07) is 3.79. The van der Waals surface area contributed by atoms with Crippen LogP contribution in [0.2, 0.25) is 0 Å². The topological polar surface area (TPSA) is 102 Å². The first-order valence-corrected chi connectivity index (χ1v) is 10.2. The van der Waals surface area contributed by atoms with Gasteiger partial charge in [0.2, 0.25) is 10.0 Å². The molecule has 144 valence electrons. The Bertz CT molecular complexity index is 777. The average Bonchev–Trinajstić information content (AvgIpc) is 3.29. The number of ether oxygens (including phenoxy) is 1. The van der Waals surface area contributed by atoms with Crippen molar-refractivity contribution >= 4 is 21.9 Å². The lowest BCUT2D eigenvalue weighted by atomic mass is 10.1. The third-order valence-corrected chi connectivity index (χ3v) is 5.86. The van der Waals surface area contributed by atoms with Crippen LogP contribution in [0.3, 0.4) is 0 Å². The van der Waals surface area contributed by atoms with Gasteiger partial charge >= 0.3 is 5.97 Å². The van der Waals surface area contributed by atoms with E-state index in [9.17, 15) is 18.0 Å². The van der Waals surface area contributed by atoms with Gasteiger partial charge in [-0.05, 0) is 51.7 Å². The Morgan fingerprint density at radius 3 is 2.31 bits per heavy atom. The minimum Gasteiger partial charge on any atom is -0.453 e. The van der Waals surface area contributed by atoms with Gasteiger partial charge in [-0.15, -0.1) is 0 Å². The smallest absolute Gasteiger partial charge is 0.307 e. The number of aryl methyl sites for hydroxylation is 3. The minimum atomic E-state index is -3.72. The van der Waals surface area contributed by atoms with Crippen LogP contribution in [-0.2, 0) is 24.3 Å². The zero-order valence-corrected chi connectivity index (χ0v) is 16.4. The summed E-state index contributed by atoms with van der Waals surface area (Å²) in [5.41, 5.74) is 2.30. The molecule has 0 radical (unpaired) electrons. The van der Waals surface area contributed by atoms with Crippen LogP contribution < -0.4 is 10.0 Å². The van der Waals surface area contributed by atoms with Crippen LogP contribution in [0.1, 0.15) is 42.9 Å². The normalized spacial score (nSPS) is 15.4. The van der Waals surface area contributed by atoms with Gasteiger partial charge in [0.25, 0.3) is 5.91 Å². The average molecular weight is 382 g/mol. The highest BCUT2D eigenvalue weighted by Gasteiger charge is 2.27. The number of sulfonamides is 1. The van der Waals surface area contributed by atoms with Crippen molar-refractivity contribution in [2.75, 3.05) is 6.54 Å². The van der Waals surface area contributed by atoms with Gasteiger partial charge in [0.05, 0.1) is 11.3 Å². The highest BCUT2D eigenvalue weighted by molar-refractivity contribution is 7.89. The zero-order valence-electron chi connectivity index (χ0n) is 15.6. The lowest BCUT2D eigenvalue weighted by Crippen LogP contribution is -2.37. The Labute approximate surface area is 154 Å². The van der Waals surface area contributed by atoms with Crippen LogP contribution in [0.15, 0.2) is 17.0 Å². The van der Waals surface area contributed by atoms with E-state index < -0.39 is 22.1 Å². The highest BCUT2D eigenvalue weighted by atomic mass is 32.2. The number of amides is 1. The Hall–Kier alpha value is -1.93. The van der Waals surface area contributed by atoms with Crippen molar-refractivity contribution in [1.29, 1.82) is 0 Å². The molecule has 2 rings (SSSR count). The van der Waals surface area contributed by atoms with Crippen molar-refractivity contribution in [2.45, 2.75) is 64.0 Å². The Morgan fingerprint density at radius 1 is 1.19 bits per heavy atom. The number of esters is 1. The molecule has 1 aliphatic rings. The molecule has 0 heterocycles. The molecule has 0 bridgehead atoms. The molecule has 0 unspecified atom stereocenters. The summed E-state index contributed by atoms with van der Waals surface area (Å²) in [7, 11) is -3.72. The van der Waals surface area contributed by atoms with Crippen molar-refractivity contribution in [3.63, 3.8) is 0 Å². The third kappa shape index (κ3) is 5.54. The molecule has 2 N–H and O–H groups in total. The molecule has 1 atom stereocenters. The van der Waals surface area contributed by atoms with Gasteiger partial charge in [0.1, 0.15) is 0 Å². The summed E-state index contributed by atoms with van der Waals surface area (Å²) in [5, 5.41) is 2.75. The van der Waals surface area contributed by atoms with Crippen molar-refractivity contribution in [3.8, 4) is 0 Å². The standard InChI is InChI=1S/C18H26N2O5S/c1-11-9-12(2)17(13(3)10-11)26(23,24)19-8-7-16(21)25-14(4)18(22)20-15-5-6-15/h9-10,14-15,19H,5-8H2,1-4H3,(H,20,22)/t14-/m0/s1. The molecular weight excluding hydrogens is 356 g/mol. The largest absolute Gasteiger partial charge is 0.453 e. The lowest BCUT2D eigenvalue weighted by Gasteiger charge is -2.14. The maximum absolute atomic E-state index is 12.5. The van der Waals surface area contributed by atoms with Crippen LogP contribution in [0.4, 0.5) is 0 Å². The molecule has 0 aromatic heterocycles. The summed E-state index contributed by atoms with van der Waals surface area (Å²) in [4.78, 5) is 23.8. The van der Waals surface area contributed by atoms with Gasteiger partial charge in [-0.1, -0.05) is 17.7 Å². The molecular formula is C18H26N2O5S. The number of hydrogen-bond acceptors (Lipinski definition) is 5. The fourth-order valence-corrected chi connectivity index (χ4v) is 4.29. The van der Waals surface area contributed by atoms with E-state index in [1.807, 2.05) is 6.92 Å². The van der Waals surface area contributed by atoms with E-state index >= 15 is 0 Å². The minimum absolute atomic E-state index is 0.0924. The zero-order chi connectivity index (χ0) is 19.5. The number of rotatable bonds is 8.